The van der Waals surface area contributed by atoms with Gasteiger partial charge >= 0.3 is 0 Å². The average Bonchev–Trinajstić information content (AvgIpc) is 3.05. The van der Waals surface area contributed by atoms with Gasteiger partial charge in [-0.15, -0.1) is 0 Å². The number of carbonyl (C=O) groups is 1. The van der Waals surface area contributed by atoms with Crippen LogP contribution in [0.25, 0.3) is 0 Å². The topological polar surface area (TPSA) is 38.1 Å². The van der Waals surface area contributed by atoms with Gasteiger partial charge in [-0.1, -0.05) is 17.7 Å². The van der Waals surface area contributed by atoms with E-state index < -0.39 is 0 Å². The number of benzene rings is 1. The molecule has 0 N–H and O–H groups in total. The van der Waals surface area contributed by atoms with E-state index in [2.05, 4.69) is 16.5 Å². The van der Waals surface area contributed by atoms with Crippen molar-refractivity contribution >= 4 is 17.5 Å². The molecule has 4 nitrogen and oxygen atoms in total. The molecule has 1 fully saturated rings. The highest BCUT2D eigenvalue weighted by Crippen LogP contribution is 2.27. The summed E-state index contributed by atoms with van der Waals surface area (Å²) >= 11 is 6.16. The number of aromatic nitrogens is 2. The van der Waals surface area contributed by atoms with E-state index in [9.17, 15) is 4.79 Å². The summed E-state index contributed by atoms with van der Waals surface area (Å²) in [6, 6.07) is 5.54. The number of aryl methyl sites for hydroxylation is 2. The van der Waals surface area contributed by atoms with E-state index in [0.717, 1.165) is 43.9 Å². The predicted octanol–water partition coefficient (Wildman–Crippen LogP) is 3.88. The Bertz CT molecular complexity index is 710. The van der Waals surface area contributed by atoms with Crippen molar-refractivity contribution < 1.29 is 4.79 Å². The van der Waals surface area contributed by atoms with Crippen molar-refractivity contribution in [3.05, 3.63) is 52.6 Å². The molecule has 2 heterocycles. The van der Waals surface area contributed by atoms with Crippen molar-refractivity contribution in [1.82, 2.24) is 14.5 Å². The molecule has 1 aromatic carbocycles. The van der Waals surface area contributed by atoms with Gasteiger partial charge in [0, 0.05) is 48.5 Å². The van der Waals surface area contributed by atoms with E-state index in [1.165, 1.54) is 0 Å². The van der Waals surface area contributed by atoms with Crippen molar-refractivity contribution in [3.63, 3.8) is 0 Å². The van der Waals surface area contributed by atoms with Crippen LogP contribution in [0.4, 0.5) is 0 Å². The number of amides is 1. The predicted molar refractivity (Wildman–Crippen MR) is 92.0 cm³/mol. The quantitative estimate of drug-likeness (QED) is 0.856. The van der Waals surface area contributed by atoms with Crippen LogP contribution in [0, 0.1) is 6.92 Å². The van der Waals surface area contributed by atoms with E-state index in [0.29, 0.717) is 16.5 Å². The second kappa shape index (κ2) is 6.75. The molecule has 0 aliphatic carbocycles. The van der Waals surface area contributed by atoms with Crippen molar-refractivity contribution in [3.8, 4) is 0 Å². The molecule has 5 heteroatoms. The van der Waals surface area contributed by atoms with Crippen molar-refractivity contribution in [1.29, 1.82) is 0 Å². The van der Waals surface area contributed by atoms with Crippen LogP contribution < -0.4 is 0 Å². The molecule has 0 unspecified atom stereocenters. The molecule has 2 aromatic rings. The summed E-state index contributed by atoms with van der Waals surface area (Å²) in [6.45, 7) is 6.49. The Labute approximate surface area is 142 Å². The van der Waals surface area contributed by atoms with Crippen LogP contribution in [-0.2, 0) is 6.54 Å². The van der Waals surface area contributed by atoms with Crippen LogP contribution in [0.1, 0.15) is 47.4 Å². The third-order valence-electron chi connectivity index (χ3n) is 4.58. The molecule has 1 amide bonds. The Morgan fingerprint density at radius 1 is 1.43 bits per heavy atom. The summed E-state index contributed by atoms with van der Waals surface area (Å²) in [4.78, 5) is 19.2. The number of imidazole rings is 1. The number of likely N-dealkylation sites (tertiary alicyclic amines) is 1. The lowest BCUT2D eigenvalue weighted by Crippen LogP contribution is -2.39. The molecule has 0 radical (unpaired) electrons. The van der Waals surface area contributed by atoms with Gasteiger partial charge < -0.3 is 9.47 Å². The number of hydrogen-bond donors (Lipinski definition) is 0. The van der Waals surface area contributed by atoms with Crippen molar-refractivity contribution in [2.24, 2.45) is 0 Å². The maximum atomic E-state index is 12.8. The first-order valence-electron chi connectivity index (χ1n) is 8.16. The Morgan fingerprint density at radius 2 is 2.26 bits per heavy atom. The van der Waals surface area contributed by atoms with Gasteiger partial charge in [0.15, 0.2) is 0 Å². The number of rotatable bonds is 3. The summed E-state index contributed by atoms with van der Waals surface area (Å²) in [5.41, 5.74) is 1.66. The lowest BCUT2D eigenvalue weighted by Gasteiger charge is -2.32. The standard InChI is InChI=1S/C18H22ClN3O/c1-3-21-10-8-20-17(21)15-5-4-9-22(12-15)18(23)14-7-6-13(2)16(19)11-14/h6-8,10-11,15H,3-5,9,12H2,1-2H3/t15-/m0/s1. The Morgan fingerprint density at radius 3 is 3.00 bits per heavy atom. The lowest BCUT2D eigenvalue weighted by molar-refractivity contribution is 0.0703. The zero-order chi connectivity index (χ0) is 16.4. The summed E-state index contributed by atoms with van der Waals surface area (Å²) in [7, 11) is 0. The number of carbonyl (C=O) groups excluding carboxylic acids is 1. The van der Waals surface area contributed by atoms with E-state index in [1.807, 2.05) is 36.4 Å². The molecule has 1 aromatic heterocycles. The summed E-state index contributed by atoms with van der Waals surface area (Å²) in [6.07, 6.45) is 5.94. The Kier molecular flexibility index (Phi) is 4.71. The third kappa shape index (κ3) is 3.27. The SMILES string of the molecule is CCn1ccnc1[C@H]1CCCN(C(=O)c2ccc(C)c(Cl)c2)C1. The molecule has 1 atom stereocenters. The van der Waals surface area contributed by atoms with Gasteiger partial charge in [0.1, 0.15) is 5.82 Å². The molecule has 0 bridgehead atoms. The Hall–Kier alpha value is -1.81. The summed E-state index contributed by atoms with van der Waals surface area (Å²) in [5.74, 6) is 1.46. The fourth-order valence-corrected chi connectivity index (χ4v) is 3.41. The van der Waals surface area contributed by atoms with E-state index in [-0.39, 0.29) is 5.91 Å². The highest BCUT2D eigenvalue weighted by atomic mass is 35.5. The van der Waals surface area contributed by atoms with Crippen LogP contribution >= 0.6 is 11.6 Å². The van der Waals surface area contributed by atoms with Crippen LogP contribution in [0.3, 0.4) is 0 Å². The van der Waals surface area contributed by atoms with Crippen LogP contribution in [0.15, 0.2) is 30.6 Å². The number of nitrogens with zero attached hydrogens (tertiary/aromatic N) is 3. The molecular weight excluding hydrogens is 310 g/mol. The fourth-order valence-electron chi connectivity index (χ4n) is 3.23. The molecule has 0 saturated carbocycles. The maximum Gasteiger partial charge on any atom is 0.253 e. The van der Waals surface area contributed by atoms with E-state index in [4.69, 9.17) is 11.6 Å². The average molecular weight is 332 g/mol. The van der Waals surface area contributed by atoms with Gasteiger partial charge in [-0.05, 0) is 44.4 Å². The third-order valence-corrected chi connectivity index (χ3v) is 4.99. The van der Waals surface area contributed by atoms with E-state index >= 15 is 0 Å². The smallest absolute Gasteiger partial charge is 0.253 e. The largest absolute Gasteiger partial charge is 0.338 e. The Balaban J connectivity index is 1.78. The van der Waals surface area contributed by atoms with E-state index in [1.54, 1.807) is 6.07 Å². The van der Waals surface area contributed by atoms with Crippen LogP contribution in [0.5, 0.6) is 0 Å². The molecule has 1 aliphatic rings. The normalized spacial score (nSPS) is 18.2. The van der Waals surface area contributed by atoms with Gasteiger partial charge in [-0.25, -0.2) is 4.98 Å². The number of hydrogen-bond acceptors (Lipinski definition) is 2. The minimum atomic E-state index is 0.0613. The molecule has 1 aliphatic heterocycles. The van der Waals surface area contributed by atoms with Crippen LogP contribution in [-0.4, -0.2) is 33.4 Å². The zero-order valence-corrected chi connectivity index (χ0v) is 14.4. The number of halogens is 1. The van der Waals surface area contributed by atoms with Crippen molar-refractivity contribution in [2.45, 2.75) is 39.2 Å². The van der Waals surface area contributed by atoms with Gasteiger partial charge in [0.05, 0.1) is 0 Å². The highest BCUT2D eigenvalue weighted by molar-refractivity contribution is 6.31. The second-order valence-corrected chi connectivity index (χ2v) is 6.53. The second-order valence-electron chi connectivity index (χ2n) is 6.13. The zero-order valence-electron chi connectivity index (χ0n) is 13.6. The van der Waals surface area contributed by atoms with Gasteiger partial charge in [0.2, 0.25) is 0 Å². The monoisotopic (exact) mass is 331 g/mol. The van der Waals surface area contributed by atoms with Gasteiger partial charge in [-0.3, -0.25) is 4.79 Å². The fraction of sp³-hybridized carbons (Fsp3) is 0.444. The van der Waals surface area contributed by atoms with Gasteiger partial charge in [-0.2, -0.15) is 0 Å². The first-order chi connectivity index (χ1) is 11.1. The first kappa shape index (κ1) is 16.1. The number of piperidine rings is 1. The highest BCUT2D eigenvalue weighted by Gasteiger charge is 2.27. The molecule has 3 rings (SSSR count). The molecule has 0 spiro atoms. The molecule has 23 heavy (non-hydrogen) atoms. The molecular formula is C18H22ClN3O. The maximum absolute atomic E-state index is 12.8. The molecule has 1 saturated heterocycles. The summed E-state index contributed by atoms with van der Waals surface area (Å²) < 4.78 is 2.17. The lowest BCUT2D eigenvalue weighted by atomic mass is 9.96. The summed E-state index contributed by atoms with van der Waals surface area (Å²) in [5, 5.41) is 0.644. The molecule has 122 valence electrons. The minimum absolute atomic E-state index is 0.0613. The van der Waals surface area contributed by atoms with Crippen molar-refractivity contribution in [2.75, 3.05) is 13.1 Å². The van der Waals surface area contributed by atoms with Gasteiger partial charge in [0.25, 0.3) is 5.91 Å². The van der Waals surface area contributed by atoms with Crippen LogP contribution in [0.2, 0.25) is 5.02 Å². The first-order valence-corrected chi connectivity index (χ1v) is 8.54. The minimum Gasteiger partial charge on any atom is -0.338 e.